The highest BCUT2D eigenvalue weighted by Crippen LogP contribution is 2.29. The second kappa shape index (κ2) is 5.58. The van der Waals surface area contributed by atoms with Gasteiger partial charge in [-0.2, -0.15) is 0 Å². The van der Waals surface area contributed by atoms with E-state index in [1.165, 1.54) is 0 Å². The Morgan fingerprint density at radius 3 is 2.56 bits per heavy atom. The molecule has 4 nitrogen and oxygen atoms in total. The highest BCUT2D eigenvalue weighted by atomic mass is 79.9. The number of hydrogen-bond acceptors (Lipinski definition) is 4. The van der Waals surface area contributed by atoms with Gasteiger partial charge in [-0.25, -0.2) is 13.1 Å². The number of halogens is 1. The highest BCUT2D eigenvalue weighted by molar-refractivity contribution is 9.11. The zero-order valence-corrected chi connectivity index (χ0v) is 13.1. The molecule has 0 aliphatic heterocycles. The second-order valence-corrected chi connectivity index (χ2v) is 9.12. The van der Waals surface area contributed by atoms with Crippen LogP contribution in [0.4, 0.5) is 0 Å². The largest absolute Gasteiger partial charge is 0.389 e. The summed E-state index contributed by atoms with van der Waals surface area (Å²) < 4.78 is 27.6. The maximum Gasteiger partial charge on any atom is 0.250 e. The first kappa shape index (κ1) is 14.5. The average Bonchev–Trinajstić information content (AvgIpc) is 2.76. The fourth-order valence-electron chi connectivity index (χ4n) is 2.13. The van der Waals surface area contributed by atoms with Crippen molar-refractivity contribution in [2.75, 3.05) is 6.54 Å². The van der Waals surface area contributed by atoms with Crippen LogP contribution < -0.4 is 4.72 Å². The molecule has 0 atom stereocenters. The minimum absolute atomic E-state index is 0.102. The first-order valence-corrected chi connectivity index (χ1v) is 8.98. The van der Waals surface area contributed by atoms with E-state index < -0.39 is 15.6 Å². The zero-order chi connectivity index (χ0) is 13.2. The summed E-state index contributed by atoms with van der Waals surface area (Å²) in [5, 5.41) is 10.3. The Morgan fingerprint density at radius 2 is 2.00 bits per heavy atom. The predicted molar refractivity (Wildman–Crippen MR) is 75.2 cm³/mol. The lowest BCUT2D eigenvalue weighted by Gasteiger charge is -2.31. The van der Waals surface area contributed by atoms with Gasteiger partial charge in [0.05, 0.1) is 9.39 Å². The lowest BCUT2D eigenvalue weighted by atomic mass is 9.85. The Labute approximate surface area is 120 Å². The van der Waals surface area contributed by atoms with E-state index in [4.69, 9.17) is 0 Å². The fourth-order valence-corrected chi connectivity index (χ4v) is 5.30. The van der Waals surface area contributed by atoms with Crippen LogP contribution >= 0.6 is 27.3 Å². The van der Waals surface area contributed by atoms with Crippen LogP contribution in [0.2, 0.25) is 0 Å². The van der Waals surface area contributed by atoms with E-state index in [-0.39, 0.29) is 10.8 Å². The van der Waals surface area contributed by atoms with Crippen molar-refractivity contribution in [1.82, 2.24) is 4.72 Å². The molecule has 18 heavy (non-hydrogen) atoms. The van der Waals surface area contributed by atoms with E-state index in [1.807, 2.05) is 0 Å². The summed E-state index contributed by atoms with van der Waals surface area (Å²) in [6, 6.07) is 3.26. The number of hydrogen-bond donors (Lipinski definition) is 2. The van der Waals surface area contributed by atoms with Crippen LogP contribution in [0.1, 0.15) is 32.1 Å². The lowest BCUT2D eigenvalue weighted by Crippen LogP contribution is -2.44. The van der Waals surface area contributed by atoms with Crippen molar-refractivity contribution in [2.45, 2.75) is 41.9 Å². The summed E-state index contributed by atoms with van der Waals surface area (Å²) in [4.78, 5) is 0. The van der Waals surface area contributed by atoms with Crippen molar-refractivity contribution < 1.29 is 13.5 Å². The van der Waals surface area contributed by atoms with Gasteiger partial charge in [-0.3, -0.25) is 0 Å². The molecule has 1 saturated carbocycles. The van der Waals surface area contributed by atoms with Crippen LogP contribution in [0.3, 0.4) is 0 Å². The molecule has 1 heterocycles. The smallest absolute Gasteiger partial charge is 0.250 e. The van der Waals surface area contributed by atoms with Crippen LogP contribution in [-0.4, -0.2) is 25.7 Å². The highest BCUT2D eigenvalue weighted by Gasteiger charge is 2.31. The number of aliphatic hydroxyl groups is 1. The maximum absolute atomic E-state index is 12.0. The standard InChI is InChI=1S/C11H16BrNO3S2/c12-9-4-5-10(17-9)18(15,16)13-8-11(14)6-2-1-3-7-11/h4-5,13-14H,1-3,6-8H2. The van der Waals surface area contributed by atoms with Crippen molar-refractivity contribution in [1.29, 1.82) is 0 Å². The second-order valence-electron chi connectivity index (χ2n) is 4.67. The van der Waals surface area contributed by atoms with Gasteiger partial charge in [0.15, 0.2) is 0 Å². The van der Waals surface area contributed by atoms with E-state index >= 15 is 0 Å². The van der Waals surface area contributed by atoms with Gasteiger partial charge in [-0.1, -0.05) is 19.3 Å². The Hall–Kier alpha value is 0.0500. The predicted octanol–water partition coefficient (Wildman–Crippen LogP) is 2.48. The normalized spacial score (nSPS) is 19.9. The van der Waals surface area contributed by atoms with Crippen LogP contribution in [-0.2, 0) is 10.0 Å². The summed E-state index contributed by atoms with van der Waals surface area (Å²) in [6.07, 6.45) is 4.38. The Kier molecular flexibility index (Phi) is 4.48. The van der Waals surface area contributed by atoms with Gasteiger partial charge in [-0.05, 0) is 40.9 Å². The SMILES string of the molecule is O=S(=O)(NCC1(O)CCCCC1)c1ccc(Br)s1. The molecule has 0 radical (unpaired) electrons. The average molecular weight is 354 g/mol. The quantitative estimate of drug-likeness (QED) is 0.873. The molecule has 2 N–H and O–H groups in total. The first-order chi connectivity index (χ1) is 8.41. The van der Waals surface area contributed by atoms with Crippen molar-refractivity contribution >= 4 is 37.3 Å². The summed E-state index contributed by atoms with van der Waals surface area (Å²) in [5.41, 5.74) is -0.875. The van der Waals surface area contributed by atoms with Crippen LogP contribution in [0.15, 0.2) is 20.1 Å². The molecule has 0 aromatic carbocycles. The minimum atomic E-state index is -3.50. The summed E-state index contributed by atoms with van der Waals surface area (Å²) in [7, 11) is -3.50. The molecule has 0 unspecified atom stereocenters. The van der Waals surface area contributed by atoms with E-state index in [0.717, 1.165) is 34.4 Å². The van der Waals surface area contributed by atoms with Crippen molar-refractivity contribution in [3.8, 4) is 0 Å². The Bertz CT molecular complexity index is 506. The van der Waals surface area contributed by atoms with Crippen LogP contribution in [0.25, 0.3) is 0 Å². The summed E-state index contributed by atoms with van der Waals surface area (Å²) in [5.74, 6) is 0. The number of thiophene rings is 1. The molecule has 1 aliphatic carbocycles. The topological polar surface area (TPSA) is 66.4 Å². The Balaban J connectivity index is 2.01. The molecule has 1 aliphatic rings. The zero-order valence-electron chi connectivity index (χ0n) is 9.86. The molecular formula is C11H16BrNO3S2. The first-order valence-electron chi connectivity index (χ1n) is 5.89. The van der Waals surface area contributed by atoms with Gasteiger partial charge in [0.2, 0.25) is 10.0 Å². The molecule has 1 fully saturated rings. The van der Waals surface area contributed by atoms with Gasteiger partial charge >= 0.3 is 0 Å². The number of nitrogens with one attached hydrogen (secondary N) is 1. The molecule has 0 saturated heterocycles. The van der Waals surface area contributed by atoms with E-state index in [2.05, 4.69) is 20.7 Å². The lowest BCUT2D eigenvalue weighted by molar-refractivity contribution is 0.00946. The molecule has 1 aromatic heterocycles. The molecule has 1 aromatic rings. The van der Waals surface area contributed by atoms with E-state index in [1.54, 1.807) is 12.1 Å². The Morgan fingerprint density at radius 1 is 1.33 bits per heavy atom. The third-order valence-electron chi connectivity index (χ3n) is 3.19. The van der Waals surface area contributed by atoms with Gasteiger partial charge < -0.3 is 5.11 Å². The van der Waals surface area contributed by atoms with Gasteiger partial charge in [0.1, 0.15) is 4.21 Å². The monoisotopic (exact) mass is 353 g/mol. The van der Waals surface area contributed by atoms with Crippen LogP contribution in [0.5, 0.6) is 0 Å². The van der Waals surface area contributed by atoms with Crippen molar-refractivity contribution in [3.63, 3.8) is 0 Å². The third kappa shape index (κ3) is 3.54. The number of sulfonamides is 1. The molecule has 0 amide bonds. The van der Waals surface area contributed by atoms with Gasteiger partial charge in [0.25, 0.3) is 0 Å². The van der Waals surface area contributed by atoms with Gasteiger partial charge in [-0.15, -0.1) is 11.3 Å². The van der Waals surface area contributed by atoms with E-state index in [9.17, 15) is 13.5 Å². The third-order valence-corrected chi connectivity index (χ3v) is 6.71. The molecule has 0 spiro atoms. The number of rotatable bonds is 4. The van der Waals surface area contributed by atoms with Crippen molar-refractivity contribution in [2.24, 2.45) is 0 Å². The van der Waals surface area contributed by atoms with Crippen LogP contribution in [0, 0.1) is 0 Å². The maximum atomic E-state index is 12.0. The van der Waals surface area contributed by atoms with Crippen molar-refractivity contribution in [3.05, 3.63) is 15.9 Å². The molecule has 0 bridgehead atoms. The summed E-state index contributed by atoms with van der Waals surface area (Å²) >= 11 is 4.40. The minimum Gasteiger partial charge on any atom is -0.389 e. The van der Waals surface area contributed by atoms with E-state index in [0.29, 0.717) is 12.8 Å². The fraction of sp³-hybridized carbons (Fsp3) is 0.636. The molecule has 2 rings (SSSR count). The molecule has 7 heteroatoms. The van der Waals surface area contributed by atoms with Gasteiger partial charge in [0, 0.05) is 6.54 Å². The summed E-state index contributed by atoms with van der Waals surface area (Å²) in [6.45, 7) is 0.102. The molecular weight excluding hydrogens is 338 g/mol. The molecule has 102 valence electrons.